The van der Waals surface area contributed by atoms with E-state index in [0.717, 1.165) is 17.7 Å². The minimum atomic E-state index is -4.50. The van der Waals surface area contributed by atoms with Crippen LogP contribution >= 0.6 is 0 Å². The number of amides is 1. The van der Waals surface area contributed by atoms with Gasteiger partial charge in [0, 0.05) is 37.3 Å². The molecule has 3 aromatic carbocycles. The maximum atomic E-state index is 14.1. The van der Waals surface area contributed by atoms with Crippen LogP contribution in [-0.4, -0.2) is 75.6 Å². The normalized spacial score (nSPS) is 28.6. The Morgan fingerprint density at radius 3 is 2.64 bits per heavy atom. The molecule has 1 spiro atoms. The predicted octanol–water partition coefficient (Wildman–Crippen LogP) is 4.99. The van der Waals surface area contributed by atoms with Crippen LogP contribution in [0.2, 0.25) is 0 Å². The number of halogens is 3. The van der Waals surface area contributed by atoms with Crippen LogP contribution in [0.3, 0.4) is 0 Å². The van der Waals surface area contributed by atoms with Gasteiger partial charge in [-0.05, 0) is 67.2 Å². The summed E-state index contributed by atoms with van der Waals surface area (Å²) in [4.78, 5) is 31.2. The summed E-state index contributed by atoms with van der Waals surface area (Å²) in [6.07, 6.45) is -0.964. The maximum absolute atomic E-state index is 14.1. The minimum absolute atomic E-state index is 0.130. The summed E-state index contributed by atoms with van der Waals surface area (Å²) in [6, 6.07) is 16.4. The van der Waals surface area contributed by atoms with E-state index >= 15 is 0 Å². The second-order valence-corrected chi connectivity index (χ2v) is 12.6. The van der Waals surface area contributed by atoms with E-state index in [1.54, 1.807) is 13.1 Å². The Morgan fingerprint density at radius 1 is 1.11 bits per heavy atom. The minimum Gasteiger partial charge on any atom is -0.504 e. The molecule has 4 aliphatic rings. The van der Waals surface area contributed by atoms with Crippen molar-refractivity contribution in [1.29, 1.82) is 0 Å². The van der Waals surface area contributed by atoms with Gasteiger partial charge in [0.15, 0.2) is 17.3 Å². The highest BCUT2D eigenvalue weighted by molar-refractivity contribution is 6.06. The highest BCUT2D eigenvalue weighted by Gasteiger charge is 2.75. The fourth-order valence-electron chi connectivity index (χ4n) is 8.29. The summed E-state index contributed by atoms with van der Waals surface area (Å²) in [5.41, 5.74) is -1.04. The average Bonchev–Trinajstić information content (AvgIpc) is 3.38. The van der Waals surface area contributed by atoms with Crippen molar-refractivity contribution in [2.45, 2.75) is 61.1 Å². The number of nitrogens with zero attached hydrogens (tertiary/aromatic N) is 2. The van der Waals surface area contributed by atoms with Crippen LogP contribution in [0.1, 0.15) is 51.9 Å². The third kappa shape index (κ3) is 4.40. The highest BCUT2D eigenvalue weighted by Crippen LogP contribution is 2.65. The molecule has 1 saturated carbocycles. The van der Waals surface area contributed by atoms with Gasteiger partial charge in [-0.1, -0.05) is 42.5 Å². The molecular formula is C35H33F3N2O5. The molecule has 5 atom stereocenters. The van der Waals surface area contributed by atoms with Crippen molar-refractivity contribution in [2.24, 2.45) is 0 Å². The molecule has 2 N–H and O–H groups in total. The number of ether oxygens (including phenoxy) is 1. The van der Waals surface area contributed by atoms with E-state index in [0.29, 0.717) is 43.5 Å². The number of alkyl halides is 3. The van der Waals surface area contributed by atoms with Crippen LogP contribution < -0.4 is 4.74 Å². The second kappa shape index (κ2) is 10.5. The molecule has 234 valence electrons. The Labute approximate surface area is 258 Å². The number of aliphatic hydroxyl groups is 1. The van der Waals surface area contributed by atoms with Gasteiger partial charge in [0.1, 0.15) is 17.7 Å². The van der Waals surface area contributed by atoms with Crippen LogP contribution in [0.5, 0.6) is 11.5 Å². The number of carbonyl (C=O) groups is 2. The lowest BCUT2D eigenvalue weighted by molar-refractivity contribution is -0.187. The molecule has 1 saturated heterocycles. The molecule has 7 rings (SSSR count). The number of likely N-dealkylation sites (N-methyl/N-ethyl adjacent to an activating group) is 1. The number of rotatable bonds is 6. The molecule has 1 amide bonds. The quantitative estimate of drug-likeness (QED) is 0.379. The number of benzene rings is 3. The van der Waals surface area contributed by atoms with Crippen LogP contribution in [0.15, 0.2) is 72.8 Å². The zero-order valence-corrected chi connectivity index (χ0v) is 24.6. The zero-order chi connectivity index (χ0) is 31.7. The molecule has 0 radical (unpaired) electrons. The first-order valence-corrected chi connectivity index (χ1v) is 15.2. The molecule has 2 heterocycles. The number of aromatic hydroxyl groups is 1. The van der Waals surface area contributed by atoms with Gasteiger partial charge in [0.25, 0.3) is 0 Å². The summed E-state index contributed by atoms with van der Waals surface area (Å²) >= 11 is 0. The second-order valence-electron chi connectivity index (χ2n) is 12.6. The lowest BCUT2D eigenvalue weighted by Gasteiger charge is -2.63. The molecular weight excluding hydrogens is 585 g/mol. The molecule has 2 fully saturated rings. The monoisotopic (exact) mass is 618 g/mol. The molecule has 45 heavy (non-hydrogen) atoms. The SMILES string of the molecule is CN(C(=O)/C=C/c1cccc(C(F)(F)F)c1)C1CC[C@@]2(O)[C@H]3C(=O)c4ccc(O)c5c4[C@@]2(CCN3CCc2ccccc2)C1O5. The van der Waals surface area contributed by atoms with E-state index in [1.807, 2.05) is 30.3 Å². The lowest BCUT2D eigenvalue weighted by atomic mass is 9.48. The molecule has 7 nitrogen and oxygen atoms in total. The molecule has 3 aromatic rings. The highest BCUT2D eigenvalue weighted by atomic mass is 19.4. The number of hydrogen-bond donors (Lipinski definition) is 2. The number of likely N-dealkylation sites (tertiary alicyclic amines) is 1. The first-order valence-electron chi connectivity index (χ1n) is 15.2. The molecule has 0 aromatic heterocycles. The van der Waals surface area contributed by atoms with Gasteiger partial charge in [-0.25, -0.2) is 0 Å². The summed E-state index contributed by atoms with van der Waals surface area (Å²) in [7, 11) is 1.61. The molecule has 2 unspecified atom stereocenters. The van der Waals surface area contributed by atoms with E-state index in [2.05, 4.69) is 4.90 Å². The molecule has 10 heteroatoms. The fourth-order valence-corrected chi connectivity index (χ4v) is 8.29. The number of hydrogen-bond acceptors (Lipinski definition) is 6. The van der Waals surface area contributed by atoms with E-state index < -0.39 is 46.9 Å². The number of ketones is 1. The van der Waals surface area contributed by atoms with Crippen LogP contribution in [0.4, 0.5) is 13.2 Å². The van der Waals surface area contributed by atoms with Crippen LogP contribution in [0.25, 0.3) is 6.08 Å². The topological polar surface area (TPSA) is 90.3 Å². The Hall–Kier alpha value is -4.15. The van der Waals surface area contributed by atoms with E-state index in [-0.39, 0.29) is 29.3 Å². The number of carbonyl (C=O) groups excluding carboxylic acids is 2. The first-order chi connectivity index (χ1) is 21.5. The van der Waals surface area contributed by atoms with Gasteiger partial charge in [0.2, 0.25) is 5.91 Å². The Morgan fingerprint density at radius 2 is 1.89 bits per heavy atom. The van der Waals surface area contributed by atoms with Gasteiger partial charge in [0.05, 0.1) is 17.0 Å². The first kappa shape index (κ1) is 29.6. The summed E-state index contributed by atoms with van der Waals surface area (Å²) in [5, 5.41) is 23.6. The number of phenolic OH excluding ortho intramolecular Hbond substituents is 1. The van der Waals surface area contributed by atoms with E-state index in [1.165, 1.54) is 35.3 Å². The third-order valence-electron chi connectivity index (χ3n) is 10.4. The van der Waals surface area contributed by atoms with Gasteiger partial charge in [-0.3, -0.25) is 14.5 Å². The number of Topliss-reactive ketones (excluding diaryl/α,β-unsaturated/α-hetero) is 1. The van der Waals surface area contributed by atoms with E-state index in [9.17, 15) is 33.0 Å². The number of piperidine rings is 1. The van der Waals surface area contributed by atoms with Crippen molar-refractivity contribution in [3.63, 3.8) is 0 Å². The number of phenols is 1. The molecule has 2 aliphatic heterocycles. The van der Waals surface area contributed by atoms with Crippen molar-refractivity contribution >= 4 is 17.8 Å². The van der Waals surface area contributed by atoms with Gasteiger partial charge < -0.3 is 19.8 Å². The summed E-state index contributed by atoms with van der Waals surface area (Å²) in [6.45, 7) is 1.09. The average molecular weight is 619 g/mol. The van der Waals surface area contributed by atoms with E-state index in [4.69, 9.17) is 4.74 Å². The van der Waals surface area contributed by atoms with Crippen molar-refractivity contribution in [2.75, 3.05) is 20.1 Å². The van der Waals surface area contributed by atoms with Gasteiger partial charge >= 0.3 is 6.18 Å². The largest absolute Gasteiger partial charge is 0.504 e. The van der Waals surface area contributed by atoms with Gasteiger partial charge in [-0.2, -0.15) is 13.2 Å². The Kier molecular flexibility index (Phi) is 6.87. The molecule has 2 bridgehead atoms. The smallest absolute Gasteiger partial charge is 0.416 e. The predicted molar refractivity (Wildman–Crippen MR) is 160 cm³/mol. The fraction of sp³-hybridized carbons (Fsp3) is 0.371. The standard InChI is InChI=1S/C35H33F3N2O5/c1-39(27(42)13-10-22-8-5-9-23(20-22)35(36,37)38)25-14-16-34(44)31-29(43)24-11-12-26(41)30-28(24)33(34,32(25)45-30)17-19-40(31)18-15-21-6-3-2-4-7-21/h2-13,20,25,31-32,41,44H,14-19H2,1H3/b13-10+/t25?,31-,32?,33+,34-/m1/s1. The van der Waals surface area contributed by atoms with Crippen molar-refractivity contribution < 1.29 is 37.7 Å². The van der Waals surface area contributed by atoms with Crippen molar-refractivity contribution in [3.05, 3.63) is 101 Å². The van der Waals surface area contributed by atoms with Crippen LogP contribution in [-0.2, 0) is 22.8 Å². The van der Waals surface area contributed by atoms with Crippen molar-refractivity contribution in [3.8, 4) is 11.5 Å². The molecule has 2 aliphatic carbocycles. The summed E-state index contributed by atoms with van der Waals surface area (Å²) in [5.74, 6) is -0.595. The van der Waals surface area contributed by atoms with Crippen molar-refractivity contribution in [1.82, 2.24) is 9.80 Å². The zero-order valence-electron chi connectivity index (χ0n) is 24.6. The lowest BCUT2D eigenvalue weighted by Crippen LogP contribution is -2.79. The van der Waals surface area contributed by atoms with Crippen LogP contribution in [0, 0.1) is 0 Å². The third-order valence-corrected chi connectivity index (χ3v) is 10.4. The Bertz CT molecular complexity index is 1710. The Balaban J connectivity index is 1.21. The van der Waals surface area contributed by atoms with Gasteiger partial charge in [-0.15, -0.1) is 0 Å². The maximum Gasteiger partial charge on any atom is 0.416 e. The summed E-state index contributed by atoms with van der Waals surface area (Å²) < 4.78 is 46.0.